The van der Waals surface area contributed by atoms with Crippen molar-refractivity contribution < 1.29 is 14.4 Å². The first-order valence-corrected chi connectivity index (χ1v) is 13.8. The molecule has 0 atom stereocenters. The molecule has 0 radical (unpaired) electrons. The third-order valence-corrected chi connectivity index (χ3v) is 7.62. The molecule has 0 aliphatic heterocycles. The van der Waals surface area contributed by atoms with Crippen LogP contribution in [0.2, 0.25) is 5.02 Å². The van der Waals surface area contributed by atoms with Gasteiger partial charge in [-0.25, -0.2) is 0 Å². The van der Waals surface area contributed by atoms with Gasteiger partial charge in [0.15, 0.2) is 0 Å². The number of thiophene rings is 1. The predicted molar refractivity (Wildman–Crippen MR) is 157 cm³/mol. The van der Waals surface area contributed by atoms with E-state index in [2.05, 4.69) is 16.0 Å². The van der Waals surface area contributed by atoms with Gasteiger partial charge in [0, 0.05) is 31.7 Å². The van der Waals surface area contributed by atoms with Gasteiger partial charge < -0.3 is 16.0 Å². The van der Waals surface area contributed by atoms with Crippen LogP contribution in [0.5, 0.6) is 0 Å². The Kier molecular flexibility index (Phi) is 9.37. The number of carbonyl (C=O) groups is 3. The summed E-state index contributed by atoms with van der Waals surface area (Å²) in [6.45, 7) is 1.85. The lowest BCUT2D eigenvalue weighted by molar-refractivity contribution is -0.114. The summed E-state index contributed by atoms with van der Waals surface area (Å²) in [5.74, 6) is -0.743. The molecule has 0 unspecified atom stereocenters. The number of thioether (sulfide) groups is 1. The van der Waals surface area contributed by atoms with E-state index < -0.39 is 5.91 Å². The molecule has 1 heterocycles. The summed E-state index contributed by atoms with van der Waals surface area (Å²) in [5.41, 5.74) is 2.65. The Morgan fingerprint density at radius 3 is 2.37 bits per heavy atom. The van der Waals surface area contributed by atoms with Crippen molar-refractivity contribution in [2.75, 3.05) is 16.4 Å². The standard InChI is InChI=1S/C29H24ClN3O3S2/c1-19-24(30)10-5-11-25(19)32-27(34)18-38-22-14-12-21(13-15-22)31-29(36)26(17-23-9-6-16-37-23)33-28(35)20-7-3-2-4-8-20/h2-17H,18H2,1H3,(H,31,36)(H,32,34)(H,33,35)/b26-17-. The van der Waals surface area contributed by atoms with Crippen LogP contribution >= 0.6 is 34.7 Å². The minimum atomic E-state index is -0.445. The highest BCUT2D eigenvalue weighted by atomic mass is 35.5. The quantitative estimate of drug-likeness (QED) is 0.154. The van der Waals surface area contributed by atoms with E-state index in [9.17, 15) is 14.4 Å². The van der Waals surface area contributed by atoms with Crippen molar-refractivity contribution in [2.45, 2.75) is 11.8 Å². The van der Waals surface area contributed by atoms with E-state index in [1.165, 1.54) is 23.1 Å². The van der Waals surface area contributed by atoms with E-state index in [4.69, 9.17) is 11.6 Å². The van der Waals surface area contributed by atoms with Gasteiger partial charge in [0.1, 0.15) is 5.70 Å². The zero-order chi connectivity index (χ0) is 26.9. The molecule has 0 bridgehead atoms. The molecule has 192 valence electrons. The number of anilines is 2. The van der Waals surface area contributed by atoms with Gasteiger partial charge in [-0.1, -0.05) is 41.9 Å². The minimum absolute atomic E-state index is 0.132. The molecule has 0 spiro atoms. The molecule has 6 nitrogen and oxygen atoms in total. The molecule has 4 aromatic rings. The maximum Gasteiger partial charge on any atom is 0.272 e. The van der Waals surface area contributed by atoms with E-state index in [1.807, 2.05) is 48.7 Å². The van der Waals surface area contributed by atoms with Crippen molar-refractivity contribution in [3.05, 3.63) is 117 Å². The zero-order valence-electron chi connectivity index (χ0n) is 20.4. The van der Waals surface area contributed by atoms with Gasteiger partial charge in [-0.05, 0) is 78.5 Å². The average molecular weight is 562 g/mol. The molecule has 9 heteroatoms. The van der Waals surface area contributed by atoms with Crippen molar-refractivity contribution in [3.63, 3.8) is 0 Å². The fourth-order valence-electron chi connectivity index (χ4n) is 3.37. The van der Waals surface area contributed by atoms with Crippen LogP contribution in [-0.4, -0.2) is 23.5 Å². The van der Waals surface area contributed by atoms with Gasteiger partial charge >= 0.3 is 0 Å². The van der Waals surface area contributed by atoms with Gasteiger partial charge in [0.25, 0.3) is 11.8 Å². The first kappa shape index (κ1) is 27.2. The summed E-state index contributed by atoms with van der Waals surface area (Å²) in [6.07, 6.45) is 1.64. The molecule has 3 N–H and O–H groups in total. The number of carbonyl (C=O) groups excluding carboxylic acids is 3. The molecule has 38 heavy (non-hydrogen) atoms. The van der Waals surface area contributed by atoms with Crippen LogP contribution in [-0.2, 0) is 9.59 Å². The number of nitrogens with one attached hydrogen (secondary N) is 3. The van der Waals surface area contributed by atoms with Crippen LogP contribution in [0, 0.1) is 6.92 Å². The van der Waals surface area contributed by atoms with Crippen molar-refractivity contribution in [1.82, 2.24) is 5.32 Å². The van der Waals surface area contributed by atoms with E-state index in [1.54, 1.807) is 54.6 Å². The van der Waals surface area contributed by atoms with Crippen LogP contribution in [0.4, 0.5) is 11.4 Å². The number of benzene rings is 3. The second kappa shape index (κ2) is 13.1. The van der Waals surface area contributed by atoms with Crippen LogP contribution in [0.3, 0.4) is 0 Å². The van der Waals surface area contributed by atoms with Crippen molar-refractivity contribution in [3.8, 4) is 0 Å². The summed E-state index contributed by atoms with van der Waals surface area (Å²) in [5, 5.41) is 10.9. The van der Waals surface area contributed by atoms with E-state index in [0.717, 1.165) is 15.3 Å². The van der Waals surface area contributed by atoms with Crippen molar-refractivity contribution in [1.29, 1.82) is 0 Å². The Balaban J connectivity index is 1.37. The molecule has 3 aromatic carbocycles. The van der Waals surface area contributed by atoms with Crippen LogP contribution in [0.1, 0.15) is 20.8 Å². The highest BCUT2D eigenvalue weighted by Gasteiger charge is 2.15. The summed E-state index contributed by atoms with van der Waals surface area (Å²) < 4.78 is 0. The lowest BCUT2D eigenvalue weighted by Crippen LogP contribution is -2.30. The lowest BCUT2D eigenvalue weighted by Gasteiger charge is -2.12. The molecule has 4 rings (SSSR count). The average Bonchev–Trinajstić information content (AvgIpc) is 3.44. The predicted octanol–water partition coefficient (Wildman–Crippen LogP) is 6.85. The van der Waals surface area contributed by atoms with Crippen LogP contribution in [0.15, 0.2) is 101 Å². The Bertz CT molecular complexity index is 1450. The third-order valence-electron chi connectivity index (χ3n) is 5.38. The lowest BCUT2D eigenvalue weighted by atomic mass is 10.2. The topological polar surface area (TPSA) is 87.3 Å². The minimum Gasteiger partial charge on any atom is -0.325 e. The molecule has 0 aliphatic rings. The van der Waals surface area contributed by atoms with Gasteiger partial charge in [0.05, 0.1) is 5.75 Å². The number of rotatable bonds is 9. The fourth-order valence-corrected chi connectivity index (χ4v) is 4.90. The van der Waals surface area contributed by atoms with Gasteiger partial charge in [0.2, 0.25) is 5.91 Å². The molecule has 0 aliphatic carbocycles. The summed E-state index contributed by atoms with van der Waals surface area (Å²) in [7, 11) is 0. The second-order valence-corrected chi connectivity index (χ2v) is 10.6. The Morgan fingerprint density at radius 2 is 1.66 bits per heavy atom. The van der Waals surface area contributed by atoms with Crippen LogP contribution in [0.25, 0.3) is 6.08 Å². The molecule has 1 aromatic heterocycles. The first-order chi connectivity index (χ1) is 18.4. The maximum absolute atomic E-state index is 13.1. The number of hydrogen-bond donors (Lipinski definition) is 3. The first-order valence-electron chi connectivity index (χ1n) is 11.6. The Labute approximate surface area is 234 Å². The normalized spacial score (nSPS) is 11.1. The van der Waals surface area contributed by atoms with E-state index in [-0.39, 0.29) is 23.3 Å². The van der Waals surface area contributed by atoms with E-state index >= 15 is 0 Å². The molecule has 0 saturated carbocycles. The maximum atomic E-state index is 13.1. The zero-order valence-corrected chi connectivity index (χ0v) is 22.8. The monoisotopic (exact) mass is 561 g/mol. The fraction of sp³-hybridized carbons (Fsp3) is 0.0690. The molecular weight excluding hydrogens is 538 g/mol. The highest BCUT2D eigenvalue weighted by Crippen LogP contribution is 2.25. The third kappa shape index (κ3) is 7.58. The highest BCUT2D eigenvalue weighted by molar-refractivity contribution is 8.00. The summed E-state index contributed by atoms with van der Waals surface area (Å²) in [4.78, 5) is 39.9. The summed E-state index contributed by atoms with van der Waals surface area (Å²) >= 11 is 8.95. The van der Waals surface area contributed by atoms with Gasteiger partial charge in [-0.3, -0.25) is 14.4 Å². The van der Waals surface area contributed by atoms with Crippen molar-refractivity contribution in [2.24, 2.45) is 0 Å². The molecular formula is C29H24ClN3O3S2. The van der Waals surface area contributed by atoms with Crippen LogP contribution < -0.4 is 16.0 Å². The van der Waals surface area contributed by atoms with E-state index in [0.29, 0.717) is 22.0 Å². The van der Waals surface area contributed by atoms with Gasteiger partial charge in [-0.15, -0.1) is 23.1 Å². The molecule has 0 fully saturated rings. The smallest absolute Gasteiger partial charge is 0.272 e. The van der Waals surface area contributed by atoms with Gasteiger partial charge in [-0.2, -0.15) is 0 Å². The Morgan fingerprint density at radius 1 is 0.895 bits per heavy atom. The molecule has 3 amide bonds. The number of halogens is 1. The number of amides is 3. The number of hydrogen-bond acceptors (Lipinski definition) is 5. The summed E-state index contributed by atoms with van der Waals surface area (Å²) in [6, 6.07) is 25.0. The largest absolute Gasteiger partial charge is 0.325 e. The second-order valence-electron chi connectivity index (χ2n) is 8.12. The molecule has 0 saturated heterocycles. The Hall–Kier alpha value is -3.85. The SMILES string of the molecule is Cc1c(Cl)cccc1NC(=O)CSc1ccc(NC(=O)/C(=C/c2cccs2)NC(=O)c2ccccc2)cc1. The van der Waals surface area contributed by atoms with Crippen molar-refractivity contribution >= 4 is 69.9 Å².